The third-order valence-corrected chi connectivity index (χ3v) is 3.13. The van der Waals surface area contributed by atoms with Gasteiger partial charge in [-0.3, -0.25) is 4.79 Å². The van der Waals surface area contributed by atoms with Crippen LogP contribution in [0.2, 0.25) is 0 Å². The van der Waals surface area contributed by atoms with Crippen molar-refractivity contribution < 1.29 is 4.79 Å². The number of carbonyl (C=O) groups is 1. The Balaban J connectivity index is 2.75. The molecule has 1 aromatic heterocycles. The smallest absolute Gasteiger partial charge is 0.161 e. The quantitative estimate of drug-likeness (QED) is 0.714. The standard InChI is InChI=1S/C13H18N2O/c1-4-13(3,5-2)11(16)7-8-12-14-9-6-10-15-12/h6-10H,4-5H2,1-3H3/b8-7+. The Morgan fingerprint density at radius 1 is 1.31 bits per heavy atom. The van der Waals surface area contributed by atoms with E-state index in [1.165, 1.54) is 0 Å². The van der Waals surface area contributed by atoms with Gasteiger partial charge in [0.2, 0.25) is 0 Å². The molecule has 1 heterocycles. The van der Waals surface area contributed by atoms with Crippen molar-refractivity contribution in [2.45, 2.75) is 33.6 Å². The van der Waals surface area contributed by atoms with E-state index in [0.29, 0.717) is 5.82 Å². The summed E-state index contributed by atoms with van der Waals surface area (Å²) in [5, 5.41) is 0. The van der Waals surface area contributed by atoms with Gasteiger partial charge < -0.3 is 0 Å². The van der Waals surface area contributed by atoms with Crippen LogP contribution in [0.3, 0.4) is 0 Å². The number of rotatable bonds is 5. The number of ketones is 1. The van der Waals surface area contributed by atoms with Crippen molar-refractivity contribution in [3.63, 3.8) is 0 Å². The van der Waals surface area contributed by atoms with Gasteiger partial charge in [0.25, 0.3) is 0 Å². The summed E-state index contributed by atoms with van der Waals surface area (Å²) >= 11 is 0. The summed E-state index contributed by atoms with van der Waals surface area (Å²) in [6.45, 7) is 6.06. The highest BCUT2D eigenvalue weighted by Crippen LogP contribution is 2.27. The van der Waals surface area contributed by atoms with Gasteiger partial charge in [-0.15, -0.1) is 0 Å². The first kappa shape index (κ1) is 12.6. The lowest BCUT2D eigenvalue weighted by atomic mass is 9.80. The molecular formula is C13H18N2O. The Bertz CT molecular complexity index is 367. The number of nitrogens with zero attached hydrogens (tertiary/aromatic N) is 2. The molecule has 0 saturated heterocycles. The summed E-state index contributed by atoms with van der Waals surface area (Å²) in [4.78, 5) is 20.0. The average molecular weight is 218 g/mol. The molecule has 0 atom stereocenters. The second-order valence-electron chi connectivity index (χ2n) is 4.07. The minimum absolute atomic E-state index is 0.143. The molecule has 16 heavy (non-hydrogen) atoms. The highest BCUT2D eigenvalue weighted by atomic mass is 16.1. The number of allylic oxidation sites excluding steroid dienone is 1. The molecule has 0 spiro atoms. The van der Waals surface area contributed by atoms with E-state index in [0.717, 1.165) is 12.8 Å². The van der Waals surface area contributed by atoms with Gasteiger partial charge in [-0.1, -0.05) is 20.8 Å². The SMILES string of the molecule is CCC(C)(CC)C(=O)/C=C/c1ncccn1. The zero-order chi connectivity index (χ0) is 12.0. The van der Waals surface area contributed by atoms with Crippen LogP contribution in [-0.4, -0.2) is 15.8 Å². The maximum atomic E-state index is 12.0. The Hall–Kier alpha value is -1.51. The molecule has 0 unspecified atom stereocenters. The molecule has 3 heteroatoms. The van der Waals surface area contributed by atoms with Gasteiger partial charge in [-0.05, 0) is 31.1 Å². The largest absolute Gasteiger partial charge is 0.294 e. The summed E-state index contributed by atoms with van der Waals surface area (Å²) in [5.41, 5.74) is -0.259. The Labute approximate surface area is 96.6 Å². The van der Waals surface area contributed by atoms with E-state index in [4.69, 9.17) is 0 Å². The summed E-state index contributed by atoms with van der Waals surface area (Å²) < 4.78 is 0. The monoisotopic (exact) mass is 218 g/mol. The lowest BCUT2D eigenvalue weighted by molar-refractivity contribution is -0.123. The Morgan fingerprint density at radius 3 is 2.38 bits per heavy atom. The molecule has 1 rings (SSSR count). The molecule has 0 aliphatic heterocycles. The van der Waals surface area contributed by atoms with E-state index in [1.807, 2.05) is 20.8 Å². The lowest BCUT2D eigenvalue weighted by Gasteiger charge is -2.22. The molecule has 0 radical (unpaired) electrons. The van der Waals surface area contributed by atoms with Gasteiger partial charge in [0.1, 0.15) is 0 Å². The van der Waals surface area contributed by atoms with Crippen molar-refractivity contribution in [1.82, 2.24) is 9.97 Å². The molecule has 86 valence electrons. The minimum atomic E-state index is -0.259. The number of hydrogen-bond acceptors (Lipinski definition) is 3. The van der Waals surface area contributed by atoms with Crippen LogP contribution in [0, 0.1) is 5.41 Å². The van der Waals surface area contributed by atoms with Crippen LogP contribution in [-0.2, 0) is 4.79 Å². The zero-order valence-corrected chi connectivity index (χ0v) is 10.1. The first-order valence-corrected chi connectivity index (χ1v) is 5.62. The molecule has 0 fully saturated rings. The first-order chi connectivity index (χ1) is 7.62. The molecule has 0 aliphatic rings. The van der Waals surface area contributed by atoms with Crippen LogP contribution in [0.4, 0.5) is 0 Å². The summed E-state index contributed by atoms with van der Waals surface area (Å²) in [5.74, 6) is 0.718. The van der Waals surface area contributed by atoms with E-state index >= 15 is 0 Å². The fourth-order valence-electron chi connectivity index (χ4n) is 1.35. The van der Waals surface area contributed by atoms with Crippen LogP contribution < -0.4 is 0 Å². The Kier molecular flexibility index (Phi) is 4.35. The highest BCUT2D eigenvalue weighted by Gasteiger charge is 2.26. The van der Waals surface area contributed by atoms with Crippen molar-refractivity contribution in [1.29, 1.82) is 0 Å². The maximum Gasteiger partial charge on any atom is 0.161 e. The minimum Gasteiger partial charge on any atom is -0.294 e. The van der Waals surface area contributed by atoms with Gasteiger partial charge in [0, 0.05) is 17.8 Å². The molecule has 1 aromatic rings. The van der Waals surface area contributed by atoms with E-state index in [1.54, 1.807) is 30.6 Å². The fraction of sp³-hybridized carbons (Fsp3) is 0.462. The normalized spacial score (nSPS) is 11.9. The van der Waals surface area contributed by atoms with Crippen LogP contribution in [0.15, 0.2) is 24.5 Å². The molecule has 0 amide bonds. The topological polar surface area (TPSA) is 42.9 Å². The van der Waals surface area contributed by atoms with Crippen LogP contribution in [0.5, 0.6) is 0 Å². The fourth-order valence-corrected chi connectivity index (χ4v) is 1.35. The van der Waals surface area contributed by atoms with Crippen molar-refractivity contribution in [2.24, 2.45) is 5.41 Å². The van der Waals surface area contributed by atoms with E-state index in [-0.39, 0.29) is 11.2 Å². The predicted molar refractivity (Wildman–Crippen MR) is 64.8 cm³/mol. The van der Waals surface area contributed by atoms with Crippen LogP contribution in [0.25, 0.3) is 6.08 Å². The average Bonchev–Trinajstić information content (AvgIpc) is 2.36. The van der Waals surface area contributed by atoms with Gasteiger partial charge in [-0.2, -0.15) is 0 Å². The predicted octanol–water partition coefficient (Wildman–Crippen LogP) is 2.89. The number of carbonyl (C=O) groups excluding carboxylic acids is 1. The summed E-state index contributed by atoms with van der Waals surface area (Å²) in [7, 11) is 0. The van der Waals surface area contributed by atoms with Crippen molar-refractivity contribution in [3.8, 4) is 0 Å². The number of hydrogen-bond donors (Lipinski definition) is 0. The second-order valence-corrected chi connectivity index (χ2v) is 4.07. The van der Waals surface area contributed by atoms with Gasteiger partial charge in [0.15, 0.2) is 11.6 Å². The van der Waals surface area contributed by atoms with Crippen molar-refractivity contribution >= 4 is 11.9 Å². The van der Waals surface area contributed by atoms with E-state index in [2.05, 4.69) is 9.97 Å². The zero-order valence-electron chi connectivity index (χ0n) is 10.1. The third-order valence-electron chi connectivity index (χ3n) is 3.13. The second kappa shape index (κ2) is 5.54. The lowest BCUT2D eigenvalue weighted by Crippen LogP contribution is -2.24. The Morgan fingerprint density at radius 2 is 1.88 bits per heavy atom. The van der Waals surface area contributed by atoms with Gasteiger partial charge in [-0.25, -0.2) is 9.97 Å². The van der Waals surface area contributed by atoms with Gasteiger partial charge >= 0.3 is 0 Å². The number of aromatic nitrogens is 2. The molecule has 0 aliphatic carbocycles. The first-order valence-electron chi connectivity index (χ1n) is 5.62. The summed E-state index contributed by atoms with van der Waals surface area (Å²) in [6, 6.07) is 1.75. The molecule has 0 saturated carbocycles. The van der Waals surface area contributed by atoms with Gasteiger partial charge in [0.05, 0.1) is 0 Å². The van der Waals surface area contributed by atoms with E-state index in [9.17, 15) is 4.79 Å². The van der Waals surface area contributed by atoms with Crippen molar-refractivity contribution in [3.05, 3.63) is 30.4 Å². The van der Waals surface area contributed by atoms with E-state index < -0.39 is 0 Å². The van der Waals surface area contributed by atoms with Crippen molar-refractivity contribution in [2.75, 3.05) is 0 Å². The summed E-state index contributed by atoms with van der Waals surface area (Å²) in [6.07, 6.45) is 8.28. The molecule has 0 bridgehead atoms. The molecule has 3 nitrogen and oxygen atoms in total. The molecule has 0 N–H and O–H groups in total. The molecular weight excluding hydrogens is 200 g/mol. The maximum absolute atomic E-state index is 12.0. The highest BCUT2D eigenvalue weighted by molar-refractivity contribution is 5.97. The van der Waals surface area contributed by atoms with Crippen LogP contribution in [0.1, 0.15) is 39.4 Å². The van der Waals surface area contributed by atoms with Crippen LogP contribution >= 0.6 is 0 Å². The third kappa shape index (κ3) is 2.99. The molecule has 0 aromatic carbocycles.